The number of para-hydroxylation sites is 3. The first kappa shape index (κ1) is 18.4. The fraction of sp³-hybridized carbons (Fsp3) is 0.0476. The van der Waals surface area contributed by atoms with Gasteiger partial charge in [0.25, 0.3) is 0 Å². The summed E-state index contributed by atoms with van der Waals surface area (Å²) in [6.07, 6.45) is 1.68. The van der Waals surface area contributed by atoms with Gasteiger partial charge in [-0.25, -0.2) is 0 Å². The number of rotatable bonds is 6. The molecule has 136 valence electrons. The first-order valence-electron chi connectivity index (χ1n) is 8.30. The van der Waals surface area contributed by atoms with Gasteiger partial charge in [0.2, 0.25) is 0 Å². The molecule has 0 aliphatic rings. The third-order valence-electron chi connectivity index (χ3n) is 3.59. The van der Waals surface area contributed by atoms with E-state index in [2.05, 4.69) is 15.8 Å². The highest BCUT2D eigenvalue weighted by atomic mass is 32.1. The Balaban J connectivity index is 1.52. The summed E-state index contributed by atoms with van der Waals surface area (Å²) in [6.45, 7) is 0. The van der Waals surface area contributed by atoms with Crippen LogP contribution >= 0.6 is 12.2 Å². The highest BCUT2D eigenvalue weighted by molar-refractivity contribution is 7.80. The third-order valence-corrected chi connectivity index (χ3v) is 3.79. The average molecular weight is 377 g/mol. The molecule has 0 saturated heterocycles. The Labute approximate surface area is 163 Å². The molecule has 0 atom stereocenters. The van der Waals surface area contributed by atoms with Crippen molar-refractivity contribution in [2.24, 2.45) is 5.10 Å². The van der Waals surface area contributed by atoms with Crippen LogP contribution < -0.4 is 20.2 Å². The molecule has 0 unspecified atom stereocenters. The summed E-state index contributed by atoms with van der Waals surface area (Å²) >= 11 is 5.24. The van der Waals surface area contributed by atoms with Crippen LogP contribution in [-0.4, -0.2) is 18.4 Å². The highest BCUT2D eigenvalue weighted by Gasteiger charge is 2.02. The van der Waals surface area contributed by atoms with Gasteiger partial charge in [0.1, 0.15) is 17.2 Å². The minimum atomic E-state index is 0.375. The van der Waals surface area contributed by atoms with Crippen molar-refractivity contribution in [2.45, 2.75) is 0 Å². The van der Waals surface area contributed by atoms with Crippen molar-refractivity contribution in [3.63, 3.8) is 0 Å². The summed E-state index contributed by atoms with van der Waals surface area (Å²) in [5.74, 6) is 2.27. The van der Waals surface area contributed by atoms with E-state index < -0.39 is 0 Å². The predicted octanol–water partition coefficient (Wildman–Crippen LogP) is 4.81. The monoisotopic (exact) mass is 377 g/mol. The van der Waals surface area contributed by atoms with Crippen LogP contribution in [0.15, 0.2) is 84.0 Å². The van der Waals surface area contributed by atoms with E-state index in [1.54, 1.807) is 13.3 Å². The van der Waals surface area contributed by atoms with E-state index >= 15 is 0 Å². The lowest BCUT2D eigenvalue weighted by molar-refractivity contribution is 0.417. The standard InChI is InChI=1S/C21H19N3O2S/c1-25-20-10-6-5-9-19(20)23-21(27)24-22-15-16-11-13-18(14-12-16)26-17-7-3-2-4-8-17/h2-15H,1H3,(H2,23,24,27)/b22-15-. The molecule has 6 heteroatoms. The van der Waals surface area contributed by atoms with Crippen LogP contribution in [0.4, 0.5) is 5.69 Å². The van der Waals surface area contributed by atoms with Crippen molar-refractivity contribution in [1.29, 1.82) is 0 Å². The van der Waals surface area contributed by atoms with Crippen LogP contribution in [0.5, 0.6) is 17.2 Å². The van der Waals surface area contributed by atoms with Gasteiger partial charge < -0.3 is 14.8 Å². The number of nitrogens with one attached hydrogen (secondary N) is 2. The van der Waals surface area contributed by atoms with E-state index in [0.717, 1.165) is 22.7 Å². The van der Waals surface area contributed by atoms with Gasteiger partial charge in [0.15, 0.2) is 5.11 Å². The molecule has 0 bridgehead atoms. The number of hydrazone groups is 1. The molecule has 27 heavy (non-hydrogen) atoms. The molecule has 0 saturated carbocycles. The van der Waals surface area contributed by atoms with Crippen LogP contribution in [-0.2, 0) is 0 Å². The van der Waals surface area contributed by atoms with Crippen molar-refractivity contribution >= 4 is 29.2 Å². The normalized spacial score (nSPS) is 10.4. The number of hydrogen-bond acceptors (Lipinski definition) is 4. The number of thiocarbonyl (C=S) groups is 1. The average Bonchev–Trinajstić information content (AvgIpc) is 2.70. The topological polar surface area (TPSA) is 54.9 Å². The fourth-order valence-corrected chi connectivity index (χ4v) is 2.47. The van der Waals surface area contributed by atoms with Crippen LogP contribution in [0, 0.1) is 0 Å². The largest absolute Gasteiger partial charge is 0.495 e. The molecular weight excluding hydrogens is 358 g/mol. The van der Waals surface area contributed by atoms with Crippen molar-refractivity contribution in [2.75, 3.05) is 12.4 Å². The Hall–Kier alpha value is -3.38. The lowest BCUT2D eigenvalue weighted by Gasteiger charge is -2.10. The number of nitrogens with zero attached hydrogens (tertiary/aromatic N) is 1. The summed E-state index contributed by atoms with van der Waals surface area (Å²) in [5, 5.41) is 7.57. The lowest BCUT2D eigenvalue weighted by atomic mass is 10.2. The van der Waals surface area contributed by atoms with Crippen molar-refractivity contribution in [3.8, 4) is 17.2 Å². The van der Waals surface area contributed by atoms with E-state index in [9.17, 15) is 0 Å². The summed E-state index contributed by atoms with van der Waals surface area (Å²) in [6, 6.07) is 24.8. The van der Waals surface area contributed by atoms with Gasteiger partial charge >= 0.3 is 0 Å². The molecule has 3 aromatic rings. The van der Waals surface area contributed by atoms with E-state index in [1.807, 2.05) is 78.9 Å². The second kappa shape index (κ2) is 9.35. The molecule has 0 fully saturated rings. The Bertz CT molecular complexity index is 912. The van der Waals surface area contributed by atoms with Gasteiger partial charge in [0.05, 0.1) is 19.0 Å². The smallest absolute Gasteiger partial charge is 0.191 e. The minimum absolute atomic E-state index is 0.375. The second-order valence-electron chi connectivity index (χ2n) is 5.51. The Morgan fingerprint density at radius 3 is 2.30 bits per heavy atom. The first-order valence-corrected chi connectivity index (χ1v) is 8.71. The number of hydrogen-bond donors (Lipinski definition) is 2. The molecule has 2 N–H and O–H groups in total. The molecule has 0 radical (unpaired) electrons. The maximum atomic E-state index is 5.76. The number of ether oxygens (including phenoxy) is 2. The SMILES string of the molecule is COc1ccccc1NC(=S)N/N=C\c1ccc(Oc2ccccc2)cc1. The fourth-order valence-electron chi connectivity index (χ4n) is 2.31. The summed E-state index contributed by atoms with van der Waals surface area (Å²) < 4.78 is 11.0. The van der Waals surface area contributed by atoms with E-state index in [-0.39, 0.29) is 0 Å². The molecule has 0 aliphatic carbocycles. The zero-order valence-corrected chi connectivity index (χ0v) is 15.6. The van der Waals surface area contributed by atoms with Crippen LogP contribution in [0.3, 0.4) is 0 Å². The number of benzene rings is 3. The summed E-state index contributed by atoms with van der Waals surface area (Å²) in [4.78, 5) is 0. The quantitative estimate of drug-likeness (QED) is 0.367. The van der Waals surface area contributed by atoms with Crippen LogP contribution in [0.25, 0.3) is 0 Å². The molecule has 0 amide bonds. The van der Waals surface area contributed by atoms with Gasteiger partial charge in [-0.3, -0.25) is 5.43 Å². The van der Waals surface area contributed by atoms with E-state index in [4.69, 9.17) is 21.7 Å². The molecule has 0 aromatic heterocycles. The third kappa shape index (κ3) is 5.55. The van der Waals surface area contributed by atoms with Crippen LogP contribution in [0.1, 0.15) is 5.56 Å². The Morgan fingerprint density at radius 1 is 0.889 bits per heavy atom. The lowest BCUT2D eigenvalue weighted by Crippen LogP contribution is -2.24. The maximum absolute atomic E-state index is 5.76. The van der Waals surface area contributed by atoms with Crippen molar-refractivity contribution in [3.05, 3.63) is 84.4 Å². The van der Waals surface area contributed by atoms with Gasteiger partial charge in [0, 0.05) is 0 Å². The molecule has 3 rings (SSSR count). The van der Waals surface area contributed by atoms with E-state index in [0.29, 0.717) is 10.9 Å². The minimum Gasteiger partial charge on any atom is -0.495 e. The Kier molecular flexibility index (Phi) is 6.38. The highest BCUT2D eigenvalue weighted by Crippen LogP contribution is 2.23. The summed E-state index contributed by atoms with van der Waals surface area (Å²) in [5.41, 5.74) is 4.48. The van der Waals surface area contributed by atoms with Gasteiger partial charge in [-0.05, 0) is 66.3 Å². The zero-order valence-electron chi connectivity index (χ0n) is 14.8. The molecule has 5 nitrogen and oxygen atoms in total. The number of methoxy groups -OCH3 is 1. The Morgan fingerprint density at radius 2 is 1.56 bits per heavy atom. The van der Waals surface area contributed by atoms with Gasteiger partial charge in [-0.2, -0.15) is 5.10 Å². The molecular formula is C21H19N3O2S. The maximum Gasteiger partial charge on any atom is 0.191 e. The van der Waals surface area contributed by atoms with Crippen molar-refractivity contribution in [1.82, 2.24) is 5.43 Å². The molecule has 0 heterocycles. The van der Waals surface area contributed by atoms with Gasteiger partial charge in [-0.1, -0.05) is 30.3 Å². The molecule has 3 aromatic carbocycles. The zero-order chi connectivity index (χ0) is 18.9. The van der Waals surface area contributed by atoms with Crippen LogP contribution in [0.2, 0.25) is 0 Å². The van der Waals surface area contributed by atoms with E-state index in [1.165, 1.54) is 0 Å². The van der Waals surface area contributed by atoms with Gasteiger partial charge in [-0.15, -0.1) is 0 Å². The van der Waals surface area contributed by atoms with Crippen molar-refractivity contribution < 1.29 is 9.47 Å². The number of anilines is 1. The first-order chi connectivity index (χ1) is 13.2. The second-order valence-corrected chi connectivity index (χ2v) is 5.92. The predicted molar refractivity (Wildman–Crippen MR) is 113 cm³/mol. The molecule has 0 spiro atoms. The summed E-state index contributed by atoms with van der Waals surface area (Å²) in [7, 11) is 1.61. The molecule has 0 aliphatic heterocycles.